The van der Waals surface area contributed by atoms with Gasteiger partial charge in [-0.15, -0.1) is 0 Å². The zero-order valence-corrected chi connectivity index (χ0v) is 14.2. The predicted octanol–water partition coefficient (Wildman–Crippen LogP) is 2.89. The number of fused-ring (bicyclic) bond motifs is 1. The second kappa shape index (κ2) is 7.85. The predicted molar refractivity (Wildman–Crippen MR) is 97.5 cm³/mol. The summed E-state index contributed by atoms with van der Waals surface area (Å²) in [5, 5.41) is 13.5. The Bertz CT molecular complexity index is 843. The fraction of sp³-hybridized carbons (Fsp3) is 0.250. The third-order valence-electron chi connectivity index (χ3n) is 4.27. The molecule has 2 N–H and O–H groups in total. The Balaban J connectivity index is 1.66. The first kappa shape index (κ1) is 17.0. The van der Waals surface area contributed by atoms with Gasteiger partial charge in [0.15, 0.2) is 0 Å². The lowest BCUT2D eigenvalue weighted by atomic mass is 10.1. The number of benzene rings is 2. The minimum atomic E-state index is -0.385. The summed E-state index contributed by atoms with van der Waals surface area (Å²) < 4.78 is 7.44. The molecule has 2 aromatic carbocycles. The van der Waals surface area contributed by atoms with Gasteiger partial charge in [0, 0.05) is 24.5 Å². The largest absolute Gasteiger partial charge is 0.495 e. The van der Waals surface area contributed by atoms with Gasteiger partial charge in [-0.25, -0.2) is 0 Å². The van der Waals surface area contributed by atoms with Gasteiger partial charge in [-0.05, 0) is 17.7 Å². The summed E-state index contributed by atoms with van der Waals surface area (Å²) in [5.41, 5.74) is 1.88. The van der Waals surface area contributed by atoms with Crippen LogP contribution < -0.4 is 10.1 Å². The maximum Gasteiger partial charge on any atom is 0.222 e. The molecule has 0 saturated heterocycles. The van der Waals surface area contributed by atoms with Crippen LogP contribution in [0.1, 0.15) is 18.0 Å². The number of aromatic nitrogens is 1. The molecule has 5 heteroatoms. The van der Waals surface area contributed by atoms with Crippen molar-refractivity contribution in [3.63, 3.8) is 0 Å². The van der Waals surface area contributed by atoms with E-state index in [1.807, 2.05) is 65.4 Å². The van der Waals surface area contributed by atoms with Crippen molar-refractivity contribution in [1.29, 1.82) is 0 Å². The van der Waals surface area contributed by atoms with Crippen LogP contribution in [0.2, 0.25) is 0 Å². The van der Waals surface area contributed by atoms with Crippen molar-refractivity contribution in [1.82, 2.24) is 9.88 Å². The van der Waals surface area contributed by atoms with Gasteiger partial charge in [0.25, 0.3) is 0 Å². The molecule has 0 bridgehead atoms. The van der Waals surface area contributed by atoms with Crippen molar-refractivity contribution in [3.8, 4) is 5.75 Å². The smallest absolute Gasteiger partial charge is 0.222 e. The quantitative estimate of drug-likeness (QED) is 0.696. The van der Waals surface area contributed by atoms with E-state index in [-0.39, 0.29) is 18.6 Å². The first-order chi connectivity index (χ1) is 12.2. The summed E-state index contributed by atoms with van der Waals surface area (Å²) in [7, 11) is 1.64. The third kappa shape index (κ3) is 3.83. The number of amides is 1. The van der Waals surface area contributed by atoms with Gasteiger partial charge in [-0.2, -0.15) is 0 Å². The van der Waals surface area contributed by atoms with E-state index < -0.39 is 0 Å². The van der Waals surface area contributed by atoms with Gasteiger partial charge < -0.3 is 19.7 Å². The van der Waals surface area contributed by atoms with Crippen LogP contribution in [0.3, 0.4) is 0 Å². The summed E-state index contributed by atoms with van der Waals surface area (Å²) in [5.74, 6) is 0.695. The van der Waals surface area contributed by atoms with Gasteiger partial charge in [0.1, 0.15) is 5.75 Å². The molecule has 5 nitrogen and oxygen atoms in total. The average molecular weight is 338 g/mol. The SMILES string of the molecule is COc1cccc2ccn(CCC(=O)N[C@H](CO)c3ccccc3)c12. The number of carbonyl (C=O) groups is 1. The molecule has 1 aromatic heterocycles. The van der Waals surface area contributed by atoms with Crippen molar-refractivity contribution >= 4 is 16.8 Å². The first-order valence-electron chi connectivity index (χ1n) is 8.30. The molecule has 0 aliphatic heterocycles. The summed E-state index contributed by atoms with van der Waals surface area (Å²) in [6.45, 7) is 0.415. The maximum atomic E-state index is 12.3. The van der Waals surface area contributed by atoms with E-state index in [0.717, 1.165) is 22.2 Å². The summed E-state index contributed by atoms with van der Waals surface area (Å²) in [6.07, 6.45) is 2.28. The van der Waals surface area contributed by atoms with Gasteiger partial charge in [-0.1, -0.05) is 42.5 Å². The molecule has 0 radical (unpaired) electrons. The average Bonchev–Trinajstić information content (AvgIpc) is 3.08. The van der Waals surface area contributed by atoms with Crippen molar-refractivity contribution in [2.45, 2.75) is 19.0 Å². The van der Waals surface area contributed by atoms with E-state index in [2.05, 4.69) is 5.32 Å². The zero-order valence-electron chi connectivity index (χ0n) is 14.2. The Labute approximate surface area is 146 Å². The molecule has 1 heterocycles. The van der Waals surface area contributed by atoms with Gasteiger partial charge >= 0.3 is 0 Å². The molecular weight excluding hydrogens is 316 g/mol. The Hall–Kier alpha value is -2.79. The van der Waals surface area contributed by atoms with E-state index >= 15 is 0 Å². The van der Waals surface area contributed by atoms with Crippen LogP contribution in [0.4, 0.5) is 0 Å². The van der Waals surface area contributed by atoms with Crippen molar-refractivity contribution in [2.24, 2.45) is 0 Å². The second-order valence-corrected chi connectivity index (χ2v) is 5.87. The molecule has 0 saturated carbocycles. The lowest BCUT2D eigenvalue weighted by Gasteiger charge is -2.17. The van der Waals surface area contributed by atoms with Crippen LogP contribution in [-0.4, -0.2) is 29.3 Å². The number of aliphatic hydroxyl groups is 1. The minimum absolute atomic E-state index is 0.0975. The van der Waals surface area contributed by atoms with Crippen LogP contribution in [0.25, 0.3) is 10.9 Å². The van der Waals surface area contributed by atoms with E-state index in [1.54, 1.807) is 7.11 Å². The molecule has 1 amide bonds. The van der Waals surface area contributed by atoms with Crippen LogP contribution in [0.5, 0.6) is 5.75 Å². The molecule has 0 aliphatic carbocycles. The Kier molecular flexibility index (Phi) is 5.36. The summed E-state index contributed by atoms with van der Waals surface area (Å²) in [6, 6.07) is 17.0. The van der Waals surface area contributed by atoms with Crippen molar-refractivity contribution in [3.05, 3.63) is 66.4 Å². The number of nitrogens with one attached hydrogen (secondary N) is 1. The Morgan fingerprint density at radius 3 is 2.68 bits per heavy atom. The van der Waals surface area contributed by atoms with E-state index in [9.17, 15) is 9.90 Å². The number of methoxy groups -OCH3 is 1. The maximum absolute atomic E-state index is 12.3. The van der Waals surface area contributed by atoms with Crippen LogP contribution >= 0.6 is 0 Å². The molecular formula is C20H22N2O3. The Morgan fingerprint density at radius 2 is 1.96 bits per heavy atom. The fourth-order valence-electron chi connectivity index (χ4n) is 2.99. The highest BCUT2D eigenvalue weighted by atomic mass is 16.5. The standard InChI is InChI=1S/C20H22N2O3/c1-25-18-9-5-8-16-10-12-22(20(16)18)13-11-19(24)21-17(14-23)15-6-3-2-4-7-15/h2-10,12,17,23H,11,13-14H2,1H3,(H,21,24)/t17-/m1/s1. The molecule has 0 aliphatic rings. The fourth-order valence-corrected chi connectivity index (χ4v) is 2.99. The highest BCUT2D eigenvalue weighted by molar-refractivity contribution is 5.86. The third-order valence-corrected chi connectivity index (χ3v) is 4.27. The topological polar surface area (TPSA) is 63.5 Å². The van der Waals surface area contributed by atoms with Crippen LogP contribution in [0.15, 0.2) is 60.8 Å². The zero-order chi connectivity index (χ0) is 17.6. The van der Waals surface area contributed by atoms with Gasteiger partial charge in [-0.3, -0.25) is 4.79 Å². The van der Waals surface area contributed by atoms with E-state index in [4.69, 9.17) is 4.74 Å². The normalized spacial score (nSPS) is 12.1. The number of para-hydroxylation sites is 1. The number of nitrogens with zero attached hydrogens (tertiary/aromatic N) is 1. The molecule has 25 heavy (non-hydrogen) atoms. The van der Waals surface area contributed by atoms with Crippen molar-refractivity contribution in [2.75, 3.05) is 13.7 Å². The lowest BCUT2D eigenvalue weighted by molar-refractivity contribution is -0.122. The number of ether oxygens (including phenoxy) is 1. The number of hydrogen-bond donors (Lipinski definition) is 2. The molecule has 0 unspecified atom stereocenters. The van der Waals surface area contributed by atoms with E-state index in [1.165, 1.54) is 0 Å². The molecule has 0 fully saturated rings. The number of aliphatic hydroxyl groups excluding tert-OH is 1. The summed E-state index contributed by atoms with van der Waals surface area (Å²) in [4.78, 5) is 12.3. The highest BCUT2D eigenvalue weighted by Gasteiger charge is 2.14. The van der Waals surface area contributed by atoms with Crippen molar-refractivity contribution < 1.29 is 14.6 Å². The second-order valence-electron chi connectivity index (χ2n) is 5.87. The number of rotatable bonds is 7. The molecule has 0 spiro atoms. The van der Waals surface area contributed by atoms with E-state index in [0.29, 0.717) is 13.0 Å². The van der Waals surface area contributed by atoms with Gasteiger partial charge in [0.2, 0.25) is 5.91 Å². The molecule has 130 valence electrons. The Morgan fingerprint density at radius 1 is 1.16 bits per heavy atom. The number of hydrogen-bond acceptors (Lipinski definition) is 3. The molecule has 1 atom stereocenters. The lowest BCUT2D eigenvalue weighted by Crippen LogP contribution is -2.31. The molecule has 3 aromatic rings. The first-order valence-corrected chi connectivity index (χ1v) is 8.30. The van der Waals surface area contributed by atoms with Crippen LogP contribution in [-0.2, 0) is 11.3 Å². The summed E-state index contributed by atoms with van der Waals surface area (Å²) >= 11 is 0. The number of aryl methyl sites for hydroxylation is 1. The highest BCUT2D eigenvalue weighted by Crippen LogP contribution is 2.26. The molecule has 3 rings (SSSR count). The minimum Gasteiger partial charge on any atom is -0.495 e. The monoisotopic (exact) mass is 338 g/mol. The van der Waals surface area contributed by atoms with Gasteiger partial charge in [0.05, 0.1) is 25.3 Å². The van der Waals surface area contributed by atoms with Crippen LogP contribution in [0, 0.1) is 0 Å². The number of carbonyl (C=O) groups excluding carboxylic acids is 1.